The molecular weight excluding hydrogens is 301 g/mol. The summed E-state index contributed by atoms with van der Waals surface area (Å²) < 4.78 is 59.8. The van der Waals surface area contributed by atoms with E-state index in [4.69, 9.17) is 13.0 Å². The highest BCUT2D eigenvalue weighted by Gasteiger charge is 2.36. The molecule has 0 aliphatic rings. The number of hydrogen-bond donors (Lipinski definition) is 1. The van der Waals surface area contributed by atoms with Crippen molar-refractivity contribution in [2.24, 2.45) is 0 Å². The number of alkyl halides is 3. The van der Waals surface area contributed by atoms with Gasteiger partial charge in [-0.3, -0.25) is 4.79 Å². The highest BCUT2D eigenvalue weighted by molar-refractivity contribution is 7.86. The first-order valence-electron chi connectivity index (χ1n) is 5.43. The maximum Gasteiger partial charge on any atom is 0.485 e. The summed E-state index contributed by atoms with van der Waals surface area (Å²) in [5, 5.41) is 2.74. The summed E-state index contributed by atoms with van der Waals surface area (Å²) in [6.45, 7) is 5.18. The lowest BCUT2D eigenvalue weighted by Gasteiger charge is -2.23. The first-order chi connectivity index (χ1) is 8.70. The third-order valence-electron chi connectivity index (χ3n) is 1.77. The molecule has 0 aliphatic heterocycles. The predicted molar refractivity (Wildman–Crippen MR) is 66.5 cm³/mol. The maximum atomic E-state index is 10.7. The lowest BCUT2D eigenvalue weighted by molar-refractivity contribution is -0.870. The molecule has 0 aromatic rings. The van der Waals surface area contributed by atoms with Crippen LogP contribution in [0.5, 0.6) is 0 Å². The second kappa shape index (κ2) is 8.22. The minimum Gasteiger partial charge on any atom is -0.741 e. The van der Waals surface area contributed by atoms with E-state index in [0.717, 1.165) is 24.0 Å². The van der Waals surface area contributed by atoms with Crippen LogP contribution in [-0.4, -0.2) is 63.1 Å². The van der Waals surface area contributed by atoms with Crippen LogP contribution in [0, 0.1) is 0 Å². The molecule has 6 nitrogen and oxygen atoms in total. The number of nitrogens with zero attached hydrogens (tertiary/aromatic N) is 1. The third kappa shape index (κ3) is 13.3. The average molecular weight is 320 g/mol. The monoisotopic (exact) mass is 320 g/mol. The Morgan fingerprint density at radius 1 is 1.35 bits per heavy atom. The zero-order valence-electron chi connectivity index (χ0n) is 11.5. The Labute approximate surface area is 116 Å². The van der Waals surface area contributed by atoms with Crippen LogP contribution in [0.1, 0.15) is 6.42 Å². The van der Waals surface area contributed by atoms with E-state index in [1.807, 2.05) is 0 Å². The van der Waals surface area contributed by atoms with Gasteiger partial charge in [0.05, 0.1) is 27.7 Å². The summed E-state index contributed by atoms with van der Waals surface area (Å²) in [6, 6.07) is 0. The van der Waals surface area contributed by atoms with E-state index in [9.17, 15) is 18.0 Å². The number of rotatable bonds is 5. The molecule has 0 saturated heterocycles. The minimum atomic E-state index is -6.09. The van der Waals surface area contributed by atoms with Crippen LogP contribution >= 0.6 is 0 Å². The SMILES string of the molecule is C=CC(=O)NCCC[N+](C)(C)C.O=S(=O)([O-])C(F)(F)F. The number of halogens is 3. The molecule has 10 heteroatoms. The van der Waals surface area contributed by atoms with Crippen LogP contribution in [0.15, 0.2) is 12.7 Å². The molecule has 0 fully saturated rings. The highest BCUT2D eigenvalue weighted by Crippen LogP contribution is 2.20. The van der Waals surface area contributed by atoms with Crippen molar-refractivity contribution < 1.29 is 35.4 Å². The Hall–Kier alpha value is -1.13. The van der Waals surface area contributed by atoms with Crippen LogP contribution in [0.2, 0.25) is 0 Å². The molecule has 0 heterocycles. The zero-order chi connectivity index (χ0) is 16.6. The summed E-state index contributed by atoms with van der Waals surface area (Å²) in [7, 11) is 0.312. The fourth-order valence-electron chi connectivity index (χ4n) is 0.837. The van der Waals surface area contributed by atoms with Crippen LogP contribution in [-0.2, 0) is 14.9 Å². The lowest BCUT2D eigenvalue weighted by atomic mass is 10.3. The van der Waals surface area contributed by atoms with Crippen molar-refractivity contribution in [1.82, 2.24) is 5.32 Å². The molecule has 0 unspecified atom stereocenters. The van der Waals surface area contributed by atoms with Crippen molar-refractivity contribution in [3.8, 4) is 0 Å². The van der Waals surface area contributed by atoms with Crippen LogP contribution in [0.3, 0.4) is 0 Å². The standard InChI is InChI=1S/C9H18N2O.CHF3O3S/c1-5-9(12)10-7-6-8-11(2,3)4;2-1(3,4)8(5,6)7/h5H,1,6-8H2,2-4H3;(H,5,6,7). The van der Waals surface area contributed by atoms with Gasteiger partial charge in [-0.15, -0.1) is 0 Å². The quantitative estimate of drug-likeness (QED) is 0.262. The van der Waals surface area contributed by atoms with E-state index in [-0.39, 0.29) is 5.91 Å². The van der Waals surface area contributed by atoms with Gasteiger partial charge in [0.2, 0.25) is 5.91 Å². The number of carbonyl (C=O) groups is 1. The van der Waals surface area contributed by atoms with E-state index in [0.29, 0.717) is 0 Å². The lowest BCUT2D eigenvalue weighted by Crippen LogP contribution is -2.37. The van der Waals surface area contributed by atoms with Gasteiger partial charge < -0.3 is 14.4 Å². The number of nitrogens with one attached hydrogen (secondary N) is 1. The molecule has 0 spiro atoms. The Kier molecular flexibility index (Phi) is 8.70. The van der Waals surface area contributed by atoms with E-state index in [2.05, 4.69) is 33.0 Å². The second-order valence-electron chi connectivity index (χ2n) is 4.76. The molecule has 0 bridgehead atoms. The molecule has 0 saturated carbocycles. The Bertz CT molecular complexity index is 413. The van der Waals surface area contributed by atoms with Crippen LogP contribution in [0.4, 0.5) is 13.2 Å². The summed E-state index contributed by atoms with van der Waals surface area (Å²) in [6.07, 6.45) is 2.30. The van der Waals surface area contributed by atoms with Gasteiger partial charge in [-0.2, -0.15) is 13.2 Å². The molecule has 20 heavy (non-hydrogen) atoms. The van der Waals surface area contributed by atoms with E-state index >= 15 is 0 Å². The third-order valence-corrected chi connectivity index (χ3v) is 2.34. The molecule has 0 atom stereocenters. The van der Waals surface area contributed by atoms with Crippen molar-refractivity contribution in [3.63, 3.8) is 0 Å². The molecular formula is C10H19F3N2O4S. The Morgan fingerprint density at radius 2 is 1.75 bits per heavy atom. The normalized spacial score (nSPS) is 12.2. The van der Waals surface area contributed by atoms with E-state index in [1.165, 1.54) is 6.08 Å². The van der Waals surface area contributed by atoms with Gasteiger partial charge in [0.15, 0.2) is 10.1 Å². The summed E-state index contributed by atoms with van der Waals surface area (Å²) >= 11 is 0. The fourth-order valence-corrected chi connectivity index (χ4v) is 0.837. The predicted octanol–water partition coefficient (Wildman–Crippen LogP) is 0.436. The molecule has 1 N–H and O–H groups in total. The number of amides is 1. The average Bonchev–Trinajstić information content (AvgIpc) is 2.20. The Balaban J connectivity index is 0. The van der Waals surface area contributed by atoms with Gasteiger partial charge in [0, 0.05) is 13.0 Å². The van der Waals surface area contributed by atoms with Crippen LogP contribution < -0.4 is 5.32 Å². The first kappa shape index (κ1) is 21.2. The van der Waals surface area contributed by atoms with Crippen molar-refractivity contribution in [1.29, 1.82) is 0 Å². The largest absolute Gasteiger partial charge is 0.741 e. The number of quaternary nitrogens is 1. The van der Waals surface area contributed by atoms with Crippen molar-refractivity contribution in [3.05, 3.63) is 12.7 Å². The zero-order valence-corrected chi connectivity index (χ0v) is 12.3. The molecule has 1 amide bonds. The first-order valence-corrected chi connectivity index (χ1v) is 6.84. The second-order valence-corrected chi connectivity index (χ2v) is 6.13. The van der Waals surface area contributed by atoms with Crippen molar-refractivity contribution in [2.75, 3.05) is 34.2 Å². The Morgan fingerprint density at radius 3 is 2.00 bits per heavy atom. The molecule has 0 aromatic carbocycles. The maximum absolute atomic E-state index is 10.7. The number of hydrogen-bond acceptors (Lipinski definition) is 4. The van der Waals surface area contributed by atoms with Crippen molar-refractivity contribution in [2.45, 2.75) is 11.9 Å². The summed E-state index contributed by atoms with van der Waals surface area (Å²) in [5.74, 6) is -0.0867. The summed E-state index contributed by atoms with van der Waals surface area (Å²) in [4.78, 5) is 10.7. The molecule has 0 rings (SSSR count). The number of carbonyl (C=O) groups excluding carboxylic acids is 1. The van der Waals surface area contributed by atoms with Gasteiger partial charge in [-0.1, -0.05) is 6.58 Å². The molecule has 0 radical (unpaired) electrons. The molecule has 0 aliphatic carbocycles. The molecule has 0 aromatic heterocycles. The van der Waals surface area contributed by atoms with Crippen molar-refractivity contribution >= 4 is 16.0 Å². The smallest absolute Gasteiger partial charge is 0.485 e. The van der Waals surface area contributed by atoms with Gasteiger partial charge in [-0.25, -0.2) is 8.42 Å². The minimum absolute atomic E-state index is 0.0867. The fraction of sp³-hybridized carbons (Fsp3) is 0.700. The van der Waals surface area contributed by atoms with Gasteiger partial charge in [0.25, 0.3) is 0 Å². The van der Waals surface area contributed by atoms with E-state index in [1.54, 1.807) is 0 Å². The molecule has 120 valence electrons. The van der Waals surface area contributed by atoms with E-state index < -0.39 is 15.6 Å². The topological polar surface area (TPSA) is 86.3 Å². The van der Waals surface area contributed by atoms with Gasteiger partial charge in [-0.05, 0) is 6.08 Å². The van der Waals surface area contributed by atoms with Gasteiger partial charge >= 0.3 is 5.51 Å². The van der Waals surface area contributed by atoms with Crippen LogP contribution in [0.25, 0.3) is 0 Å². The highest BCUT2D eigenvalue weighted by atomic mass is 32.2. The summed E-state index contributed by atoms with van der Waals surface area (Å²) in [5.41, 5.74) is -5.65. The van der Waals surface area contributed by atoms with Gasteiger partial charge in [0.1, 0.15) is 0 Å².